The highest BCUT2D eigenvalue weighted by atomic mass is 16.3. The van der Waals surface area contributed by atoms with E-state index in [9.17, 15) is 5.11 Å². The first-order chi connectivity index (χ1) is 13.2. The lowest BCUT2D eigenvalue weighted by molar-refractivity contribution is 0.0597. The maximum Gasteiger partial charge on any atom is 0.0591 e. The Morgan fingerprint density at radius 1 is 1.07 bits per heavy atom. The monoisotopic (exact) mass is 386 g/mol. The summed E-state index contributed by atoms with van der Waals surface area (Å²) in [6.07, 6.45) is 20.9. The van der Waals surface area contributed by atoms with Crippen LogP contribution in [0.4, 0.5) is 0 Å². The Hall–Kier alpha value is -0.560. The zero-order chi connectivity index (χ0) is 20.4. The second-order valence-corrected chi connectivity index (χ2v) is 11.4. The minimum absolute atomic E-state index is 0.508. The molecular weight excluding hydrogens is 340 g/mol. The Balaban J connectivity index is 1.66. The Bertz CT molecular complexity index is 578. The van der Waals surface area contributed by atoms with Crippen molar-refractivity contribution in [2.45, 2.75) is 117 Å². The molecule has 3 fully saturated rings. The smallest absolute Gasteiger partial charge is 0.0591 e. The molecule has 3 saturated carbocycles. The van der Waals surface area contributed by atoms with Crippen LogP contribution in [0.15, 0.2) is 23.3 Å². The number of allylic oxidation sites excluding steroid dienone is 4. The average Bonchev–Trinajstić information content (AvgIpc) is 2.97. The topological polar surface area (TPSA) is 20.2 Å². The number of fused-ring (bicyclic) bond motifs is 1. The average molecular weight is 387 g/mol. The molecule has 0 aromatic rings. The third kappa shape index (κ3) is 5.13. The van der Waals surface area contributed by atoms with Gasteiger partial charge >= 0.3 is 0 Å². The largest absolute Gasteiger partial charge is 0.390 e. The normalized spacial score (nSPS) is 38.0. The second kappa shape index (κ2) is 9.07. The van der Waals surface area contributed by atoms with Gasteiger partial charge in [-0.2, -0.15) is 0 Å². The lowest BCUT2D eigenvalue weighted by Crippen LogP contribution is -2.36. The van der Waals surface area contributed by atoms with Crippen LogP contribution in [0.5, 0.6) is 0 Å². The van der Waals surface area contributed by atoms with Gasteiger partial charge in [-0.25, -0.2) is 0 Å². The van der Waals surface area contributed by atoms with E-state index in [1.807, 2.05) is 13.8 Å². The summed E-state index contributed by atoms with van der Waals surface area (Å²) in [6.45, 7) is 11.4. The highest BCUT2D eigenvalue weighted by molar-refractivity contribution is 5.26. The van der Waals surface area contributed by atoms with Crippen molar-refractivity contribution in [2.75, 3.05) is 0 Å². The number of rotatable bonds is 6. The highest BCUT2D eigenvalue weighted by Crippen LogP contribution is 2.60. The first kappa shape index (κ1) is 22.1. The van der Waals surface area contributed by atoms with E-state index in [1.54, 1.807) is 11.1 Å². The molecule has 0 aliphatic heterocycles. The van der Waals surface area contributed by atoms with Crippen LogP contribution >= 0.6 is 0 Å². The Morgan fingerprint density at radius 3 is 2.50 bits per heavy atom. The molecule has 28 heavy (non-hydrogen) atoms. The van der Waals surface area contributed by atoms with Gasteiger partial charge in [0.25, 0.3) is 0 Å². The van der Waals surface area contributed by atoms with E-state index in [2.05, 4.69) is 32.9 Å². The first-order valence-electron chi connectivity index (χ1n) is 12.3. The van der Waals surface area contributed by atoms with Gasteiger partial charge in [0.2, 0.25) is 0 Å². The van der Waals surface area contributed by atoms with E-state index in [1.165, 1.54) is 64.2 Å². The fourth-order valence-corrected chi connectivity index (χ4v) is 6.95. The van der Waals surface area contributed by atoms with Crippen molar-refractivity contribution in [3.8, 4) is 0 Å². The van der Waals surface area contributed by atoms with Crippen molar-refractivity contribution in [2.24, 2.45) is 29.1 Å². The molecule has 0 radical (unpaired) electrons. The number of hydrogen-bond acceptors (Lipinski definition) is 1. The molecule has 3 aliphatic carbocycles. The van der Waals surface area contributed by atoms with Gasteiger partial charge in [-0.15, -0.1) is 0 Å². The van der Waals surface area contributed by atoms with Gasteiger partial charge in [0.1, 0.15) is 0 Å². The van der Waals surface area contributed by atoms with Gasteiger partial charge in [-0.05, 0) is 101 Å². The van der Waals surface area contributed by atoms with E-state index in [-0.39, 0.29) is 0 Å². The fraction of sp³-hybridized carbons (Fsp3) is 0.852. The Morgan fingerprint density at radius 2 is 1.79 bits per heavy atom. The van der Waals surface area contributed by atoms with Crippen LogP contribution in [0, 0.1) is 29.1 Å². The first-order valence-corrected chi connectivity index (χ1v) is 12.3. The third-order valence-corrected chi connectivity index (χ3v) is 8.67. The fourth-order valence-electron chi connectivity index (χ4n) is 6.95. The van der Waals surface area contributed by atoms with Crippen LogP contribution < -0.4 is 0 Å². The van der Waals surface area contributed by atoms with Crippen molar-refractivity contribution in [1.82, 2.24) is 0 Å². The van der Waals surface area contributed by atoms with E-state index < -0.39 is 5.60 Å². The summed E-state index contributed by atoms with van der Waals surface area (Å²) in [4.78, 5) is 0. The van der Waals surface area contributed by atoms with E-state index in [0.717, 1.165) is 36.5 Å². The summed E-state index contributed by atoms with van der Waals surface area (Å²) in [5.74, 6) is 3.27. The molecule has 0 bridgehead atoms. The minimum atomic E-state index is -0.508. The zero-order valence-corrected chi connectivity index (χ0v) is 19.4. The molecule has 3 unspecified atom stereocenters. The SMILES string of the molecule is CC1CCCC/C1=C/C=C1\CCC[C@@]2(C)C1CCC2[C@H](C)CCCC(C)(C)O. The Labute approximate surface area is 175 Å². The molecule has 1 nitrogen and oxygen atoms in total. The van der Waals surface area contributed by atoms with Crippen LogP contribution in [0.1, 0.15) is 112 Å². The molecule has 0 saturated heterocycles. The standard InChI is InChI=1S/C27H46O/c1-20-10-6-7-12-22(20)14-15-23-13-9-19-27(5)24(16-17-25(23)27)21(2)11-8-18-26(3,4)28/h14-15,20-21,24-25,28H,6-13,16-19H2,1-5H3/b22-14-,23-15+/t20?,21-,24?,25?,27-/m1/s1. The van der Waals surface area contributed by atoms with E-state index in [4.69, 9.17) is 0 Å². The van der Waals surface area contributed by atoms with E-state index >= 15 is 0 Å². The lowest BCUT2D eigenvalue weighted by atomic mass is 9.60. The van der Waals surface area contributed by atoms with Crippen molar-refractivity contribution in [1.29, 1.82) is 0 Å². The van der Waals surface area contributed by atoms with E-state index in [0.29, 0.717) is 5.41 Å². The van der Waals surface area contributed by atoms with Gasteiger partial charge in [-0.1, -0.05) is 63.3 Å². The van der Waals surface area contributed by atoms with Crippen LogP contribution in [0.25, 0.3) is 0 Å². The van der Waals surface area contributed by atoms with Crippen molar-refractivity contribution in [3.05, 3.63) is 23.3 Å². The number of hydrogen-bond donors (Lipinski definition) is 1. The summed E-state index contributed by atoms with van der Waals surface area (Å²) >= 11 is 0. The van der Waals surface area contributed by atoms with Gasteiger partial charge in [-0.3, -0.25) is 0 Å². The summed E-state index contributed by atoms with van der Waals surface area (Å²) in [5, 5.41) is 10.0. The van der Waals surface area contributed by atoms with Gasteiger partial charge < -0.3 is 5.11 Å². The molecule has 3 rings (SSSR count). The molecular formula is C27H46O. The predicted molar refractivity (Wildman–Crippen MR) is 121 cm³/mol. The molecule has 0 amide bonds. The third-order valence-electron chi connectivity index (χ3n) is 8.67. The molecule has 0 spiro atoms. The molecule has 160 valence electrons. The minimum Gasteiger partial charge on any atom is -0.390 e. The summed E-state index contributed by atoms with van der Waals surface area (Å²) in [6, 6.07) is 0. The molecule has 3 aliphatic rings. The maximum atomic E-state index is 10.0. The van der Waals surface area contributed by atoms with Crippen LogP contribution in [-0.2, 0) is 0 Å². The van der Waals surface area contributed by atoms with Crippen molar-refractivity contribution >= 4 is 0 Å². The number of aliphatic hydroxyl groups is 1. The highest BCUT2D eigenvalue weighted by Gasteiger charge is 2.50. The van der Waals surface area contributed by atoms with Gasteiger partial charge in [0.15, 0.2) is 0 Å². The second-order valence-electron chi connectivity index (χ2n) is 11.4. The summed E-state index contributed by atoms with van der Waals surface area (Å²) in [7, 11) is 0. The molecule has 1 heteroatoms. The molecule has 5 atom stereocenters. The van der Waals surface area contributed by atoms with Crippen molar-refractivity contribution in [3.63, 3.8) is 0 Å². The van der Waals surface area contributed by atoms with Crippen LogP contribution in [-0.4, -0.2) is 10.7 Å². The summed E-state index contributed by atoms with van der Waals surface area (Å²) < 4.78 is 0. The van der Waals surface area contributed by atoms with Crippen LogP contribution in [0.2, 0.25) is 0 Å². The van der Waals surface area contributed by atoms with Crippen LogP contribution in [0.3, 0.4) is 0 Å². The van der Waals surface area contributed by atoms with Gasteiger partial charge in [0.05, 0.1) is 5.60 Å². The zero-order valence-electron chi connectivity index (χ0n) is 19.4. The lowest BCUT2D eigenvalue weighted by Gasteiger charge is -2.44. The summed E-state index contributed by atoms with van der Waals surface area (Å²) in [5.41, 5.74) is 3.48. The predicted octanol–water partition coefficient (Wildman–Crippen LogP) is 7.84. The van der Waals surface area contributed by atoms with Gasteiger partial charge in [0, 0.05) is 0 Å². The maximum absolute atomic E-state index is 10.0. The van der Waals surface area contributed by atoms with Crippen molar-refractivity contribution < 1.29 is 5.11 Å². The molecule has 1 N–H and O–H groups in total. The molecule has 0 aromatic heterocycles. The Kier molecular flexibility index (Phi) is 7.17. The molecule has 0 aromatic carbocycles. The molecule has 0 heterocycles. The quantitative estimate of drug-likeness (QED) is 0.493.